The number of thioether (sulfide) groups is 1. The summed E-state index contributed by atoms with van der Waals surface area (Å²) in [5.41, 5.74) is 1.96. The monoisotopic (exact) mass is 315 g/mol. The van der Waals surface area contributed by atoms with Crippen LogP contribution >= 0.6 is 11.8 Å². The number of aromatic nitrogens is 1. The van der Waals surface area contributed by atoms with Gasteiger partial charge >= 0.3 is 5.97 Å². The summed E-state index contributed by atoms with van der Waals surface area (Å²) in [5.74, 6) is -1.37. The molecule has 1 aliphatic rings. The molecule has 3 rings (SSSR count). The molecule has 22 heavy (non-hydrogen) atoms. The lowest BCUT2D eigenvalue weighted by Gasteiger charge is -2.23. The first-order chi connectivity index (χ1) is 10.6. The molecule has 1 aromatic carbocycles. The normalized spacial score (nSPS) is 17.0. The molecule has 0 bridgehead atoms. The zero-order valence-corrected chi connectivity index (χ0v) is 13.1. The quantitative estimate of drug-likeness (QED) is 0.694. The van der Waals surface area contributed by atoms with Crippen LogP contribution in [-0.2, 0) is 11.3 Å². The van der Waals surface area contributed by atoms with E-state index in [1.165, 1.54) is 0 Å². The van der Waals surface area contributed by atoms with Crippen LogP contribution in [0.2, 0.25) is 0 Å². The number of hydrogen-bond acceptors (Lipinski definition) is 3. The largest absolute Gasteiger partial charge is 0.481 e. The molecule has 0 amide bonds. The number of benzene rings is 1. The van der Waals surface area contributed by atoms with Crippen LogP contribution in [0, 0.1) is 0 Å². The van der Waals surface area contributed by atoms with Crippen molar-refractivity contribution in [3.63, 3.8) is 0 Å². The third-order valence-corrected chi connectivity index (χ3v) is 4.87. The molecule has 5 heteroatoms. The number of carbonyl (C=O) groups excluding carboxylic acids is 1. The van der Waals surface area contributed by atoms with Gasteiger partial charge in [-0.25, -0.2) is 0 Å². The van der Waals surface area contributed by atoms with E-state index in [-0.39, 0.29) is 5.78 Å². The number of carboxylic acid groups (broad SMARTS) is 1. The van der Waals surface area contributed by atoms with Crippen LogP contribution in [0.3, 0.4) is 0 Å². The topological polar surface area (TPSA) is 59.3 Å². The van der Waals surface area contributed by atoms with Gasteiger partial charge in [0.05, 0.1) is 11.6 Å². The fourth-order valence-electron chi connectivity index (χ4n) is 2.98. The fourth-order valence-corrected chi connectivity index (χ4v) is 3.39. The van der Waals surface area contributed by atoms with Gasteiger partial charge in [-0.05, 0) is 55.5 Å². The first-order valence-corrected chi connectivity index (χ1v) is 8.45. The van der Waals surface area contributed by atoms with Crippen molar-refractivity contribution in [2.45, 2.75) is 30.2 Å². The highest BCUT2D eigenvalue weighted by Crippen LogP contribution is 2.30. The highest BCUT2D eigenvalue weighted by Gasteiger charge is 2.29. The van der Waals surface area contributed by atoms with E-state index in [1.807, 2.05) is 35.1 Å². The summed E-state index contributed by atoms with van der Waals surface area (Å²) in [4.78, 5) is 25.1. The van der Waals surface area contributed by atoms with Gasteiger partial charge in [-0.15, -0.1) is 11.8 Å². The SMILES string of the molecule is CSc1ccc(C(=O)c2ccc3n2CCCC3C(=O)O)cc1. The van der Waals surface area contributed by atoms with Gasteiger partial charge in [0.25, 0.3) is 0 Å². The summed E-state index contributed by atoms with van der Waals surface area (Å²) < 4.78 is 1.87. The highest BCUT2D eigenvalue weighted by atomic mass is 32.2. The number of ketones is 1. The minimum Gasteiger partial charge on any atom is -0.481 e. The highest BCUT2D eigenvalue weighted by molar-refractivity contribution is 7.98. The van der Waals surface area contributed by atoms with Crippen molar-refractivity contribution in [2.24, 2.45) is 0 Å². The van der Waals surface area contributed by atoms with Crippen LogP contribution in [0.25, 0.3) is 0 Å². The van der Waals surface area contributed by atoms with Crippen LogP contribution in [0.15, 0.2) is 41.3 Å². The second-order valence-electron chi connectivity index (χ2n) is 5.39. The third-order valence-electron chi connectivity index (χ3n) is 4.13. The molecule has 0 saturated carbocycles. The van der Waals surface area contributed by atoms with E-state index in [2.05, 4.69) is 0 Å². The van der Waals surface area contributed by atoms with E-state index in [9.17, 15) is 14.7 Å². The number of nitrogens with zero attached hydrogens (tertiary/aromatic N) is 1. The molecule has 0 aliphatic carbocycles. The van der Waals surface area contributed by atoms with E-state index in [0.29, 0.717) is 24.2 Å². The first-order valence-electron chi connectivity index (χ1n) is 7.23. The molecule has 0 radical (unpaired) electrons. The van der Waals surface area contributed by atoms with Gasteiger partial charge in [0.2, 0.25) is 5.78 Å². The van der Waals surface area contributed by atoms with Gasteiger partial charge in [0, 0.05) is 22.7 Å². The lowest BCUT2D eigenvalue weighted by molar-refractivity contribution is -0.139. The Morgan fingerprint density at radius 2 is 1.91 bits per heavy atom. The van der Waals surface area contributed by atoms with E-state index in [0.717, 1.165) is 17.0 Å². The number of hydrogen-bond donors (Lipinski definition) is 1. The molecule has 2 heterocycles. The van der Waals surface area contributed by atoms with Crippen molar-refractivity contribution in [1.29, 1.82) is 0 Å². The van der Waals surface area contributed by atoms with Gasteiger partial charge in [-0.1, -0.05) is 0 Å². The fraction of sp³-hybridized carbons (Fsp3) is 0.294. The molecule has 0 fully saturated rings. The number of rotatable bonds is 4. The molecule has 0 saturated heterocycles. The first kappa shape index (κ1) is 14.9. The molecule has 1 atom stereocenters. The maximum atomic E-state index is 12.7. The molecular weight excluding hydrogens is 298 g/mol. The summed E-state index contributed by atoms with van der Waals surface area (Å²) in [6.45, 7) is 0.704. The van der Waals surface area contributed by atoms with E-state index >= 15 is 0 Å². The number of aliphatic carboxylic acids is 1. The van der Waals surface area contributed by atoms with Crippen molar-refractivity contribution >= 4 is 23.5 Å². The lowest BCUT2D eigenvalue weighted by Crippen LogP contribution is -2.23. The summed E-state index contributed by atoms with van der Waals surface area (Å²) in [6.07, 6.45) is 3.41. The van der Waals surface area contributed by atoms with Gasteiger partial charge in [0.15, 0.2) is 0 Å². The van der Waals surface area contributed by atoms with Crippen LogP contribution < -0.4 is 0 Å². The Labute approximate surface area is 133 Å². The van der Waals surface area contributed by atoms with Crippen LogP contribution in [-0.4, -0.2) is 27.7 Å². The maximum absolute atomic E-state index is 12.7. The Bertz CT molecular complexity index is 718. The van der Waals surface area contributed by atoms with E-state index in [1.54, 1.807) is 23.9 Å². The number of fused-ring (bicyclic) bond motifs is 1. The van der Waals surface area contributed by atoms with Gasteiger partial charge in [-0.2, -0.15) is 0 Å². The molecule has 2 aromatic rings. The van der Waals surface area contributed by atoms with Crippen molar-refractivity contribution in [2.75, 3.05) is 6.26 Å². The zero-order valence-electron chi connectivity index (χ0n) is 12.3. The van der Waals surface area contributed by atoms with Crippen LogP contribution in [0.4, 0.5) is 0 Å². The molecular formula is C17H17NO3S. The number of carbonyl (C=O) groups is 2. The van der Waals surface area contributed by atoms with Crippen molar-refractivity contribution in [3.8, 4) is 0 Å². The molecule has 0 spiro atoms. The standard InChI is InChI=1S/C17H17NO3S/c1-22-12-6-4-11(5-7-12)16(19)15-9-8-14-13(17(20)21)3-2-10-18(14)15/h4-9,13H,2-3,10H2,1H3,(H,20,21). The number of carboxylic acids is 1. The maximum Gasteiger partial charge on any atom is 0.312 e. The summed E-state index contributed by atoms with van der Waals surface area (Å²) in [5, 5.41) is 9.31. The molecule has 1 N–H and O–H groups in total. The summed E-state index contributed by atoms with van der Waals surface area (Å²) >= 11 is 1.63. The van der Waals surface area contributed by atoms with Crippen LogP contribution in [0.1, 0.15) is 40.5 Å². The predicted molar refractivity (Wildman–Crippen MR) is 85.7 cm³/mol. The van der Waals surface area contributed by atoms with Gasteiger partial charge < -0.3 is 9.67 Å². The Kier molecular flexibility index (Phi) is 4.07. The second-order valence-corrected chi connectivity index (χ2v) is 6.27. The van der Waals surface area contributed by atoms with Crippen LogP contribution in [0.5, 0.6) is 0 Å². The minimum absolute atomic E-state index is 0.0510. The molecule has 1 unspecified atom stereocenters. The van der Waals surface area contributed by atoms with Crippen molar-refractivity contribution < 1.29 is 14.7 Å². The van der Waals surface area contributed by atoms with E-state index in [4.69, 9.17) is 0 Å². The predicted octanol–water partition coefficient (Wildman–Crippen LogP) is 3.40. The average Bonchev–Trinajstić information content (AvgIpc) is 2.98. The molecule has 114 valence electrons. The Hall–Kier alpha value is -2.01. The molecule has 1 aliphatic heterocycles. The van der Waals surface area contributed by atoms with E-state index < -0.39 is 11.9 Å². The Balaban J connectivity index is 1.95. The van der Waals surface area contributed by atoms with Crippen molar-refractivity contribution in [1.82, 2.24) is 4.57 Å². The molecule has 4 nitrogen and oxygen atoms in total. The zero-order chi connectivity index (χ0) is 15.7. The Morgan fingerprint density at radius 3 is 2.55 bits per heavy atom. The van der Waals surface area contributed by atoms with Gasteiger partial charge in [-0.3, -0.25) is 9.59 Å². The minimum atomic E-state index is -0.817. The second kappa shape index (κ2) is 6.01. The summed E-state index contributed by atoms with van der Waals surface area (Å²) in [7, 11) is 0. The third kappa shape index (κ3) is 2.57. The van der Waals surface area contributed by atoms with Crippen molar-refractivity contribution in [3.05, 3.63) is 53.3 Å². The summed E-state index contributed by atoms with van der Waals surface area (Å²) in [6, 6.07) is 11.0. The molecule has 1 aromatic heterocycles. The smallest absolute Gasteiger partial charge is 0.312 e. The van der Waals surface area contributed by atoms with Gasteiger partial charge in [0.1, 0.15) is 0 Å². The lowest BCUT2D eigenvalue weighted by atomic mass is 9.96. The average molecular weight is 315 g/mol. The Morgan fingerprint density at radius 1 is 1.18 bits per heavy atom.